The van der Waals surface area contributed by atoms with E-state index >= 15 is 0 Å². The van der Waals surface area contributed by atoms with Crippen molar-refractivity contribution in [2.75, 3.05) is 0 Å². The minimum atomic E-state index is -0.355. The van der Waals surface area contributed by atoms with Crippen LogP contribution in [0.3, 0.4) is 0 Å². The van der Waals surface area contributed by atoms with Crippen LogP contribution < -0.4 is 10.2 Å². The number of benzene rings is 4. The average Bonchev–Trinajstić information content (AvgIpc) is 3.41. The number of H-pyrrole nitrogens is 1. The molecule has 35 heavy (non-hydrogen) atoms. The molecule has 172 valence electrons. The predicted octanol–water partition coefficient (Wildman–Crippen LogP) is 5.96. The number of nitrogens with one attached hydrogen (secondary N) is 2. The van der Waals surface area contributed by atoms with Gasteiger partial charge >= 0.3 is 0 Å². The number of hydrazone groups is 1. The molecule has 0 fully saturated rings. The minimum Gasteiger partial charge on any atom is -0.489 e. The summed E-state index contributed by atoms with van der Waals surface area (Å²) >= 11 is 0. The quantitative estimate of drug-likeness (QED) is 0.232. The second kappa shape index (κ2) is 10.1. The van der Waals surface area contributed by atoms with Gasteiger partial charge in [-0.3, -0.25) is 9.89 Å². The number of hydrogen-bond donors (Lipinski definition) is 2. The van der Waals surface area contributed by atoms with Gasteiger partial charge in [0.2, 0.25) is 0 Å². The van der Waals surface area contributed by atoms with Crippen molar-refractivity contribution in [1.29, 1.82) is 0 Å². The van der Waals surface area contributed by atoms with Crippen LogP contribution >= 0.6 is 0 Å². The number of aromatic nitrogens is 2. The minimum absolute atomic E-state index is 0.332. The number of carbonyl (C=O) groups excluding carboxylic acids is 1. The molecule has 4 aromatic carbocycles. The number of hydrogen-bond acceptors (Lipinski definition) is 4. The van der Waals surface area contributed by atoms with E-state index in [-0.39, 0.29) is 5.91 Å². The molecular formula is C29H24N4O2. The Morgan fingerprint density at radius 2 is 1.66 bits per heavy atom. The summed E-state index contributed by atoms with van der Waals surface area (Å²) in [5, 5.41) is 13.6. The first-order valence-corrected chi connectivity index (χ1v) is 11.3. The van der Waals surface area contributed by atoms with Gasteiger partial charge in [0.15, 0.2) is 0 Å². The maximum absolute atomic E-state index is 12.7. The lowest BCUT2D eigenvalue weighted by Gasteiger charge is -2.06. The molecule has 0 spiro atoms. The molecule has 0 atom stereocenters. The summed E-state index contributed by atoms with van der Waals surface area (Å²) in [6.07, 6.45) is 0. The summed E-state index contributed by atoms with van der Waals surface area (Å²) in [5.74, 6) is 0.413. The maximum atomic E-state index is 12.7. The molecule has 0 saturated carbocycles. The zero-order valence-corrected chi connectivity index (χ0v) is 19.2. The van der Waals surface area contributed by atoms with Crippen LogP contribution in [-0.4, -0.2) is 21.8 Å². The lowest BCUT2D eigenvalue weighted by atomic mass is 10.0. The van der Waals surface area contributed by atoms with E-state index in [9.17, 15) is 4.79 Å². The van der Waals surface area contributed by atoms with Gasteiger partial charge in [-0.1, -0.05) is 72.8 Å². The number of rotatable bonds is 7. The first-order chi connectivity index (χ1) is 17.2. The van der Waals surface area contributed by atoms with E-state index in [2.05, 4.69) is 32.9 Å². The van der Waals surface area contributed by atoms with Crippen molar-refractivity contribution in [3.05, 3.63) is 120 Å². The van der Waals surface area contributed by atoms with Gasteiger partial charge < -0.3 is 4.74 Å². The highest BCUT2D eigenvalue weighted by atomic mass is 16.5. The van der Waals surface area contributed by atoms with Crippen molar-refractivity contribution >= 4 is 22.4 Å². The Kier molecular flexibility index (Phi) is 6.35. The zero-order valence-electron chi connectivity index (χ0n) is 19.2. The van der Waals surface area contributed by atoms with E-state index in [1.165, 1.54) is 0 Å². The van der Waals surface area contributed by atoms with Crippen molar-refractivity contribution in [3.8, 4) is 17.0 Å². The molecule has 6 heteroatoms. The van der Waals surface area contributed by atoms with Crippen LogP contribution in [0.15, 0.2) is 108 Å². The van der Waals surface area contributed by atoms with Crippen LogP contribution in [0.2, 0.25) is 0 Å². The summed E-state index contributed by atoms with van der Waals surface area (Å²) < 4.78 is 5.84. The Bertz CT molecular complexity index is 1480. The molecule has 0 aliphatic rings. The normalized spacial score (nSPS) is 11.4. The molecule has 6 nitrogen and oxygen atoms in total. The number of nitrogens with zero attached hydrogens (tertiary/aromatic N) is 2. The monoisotopic (exact) mass is 460 g/mol. The van der Waals surface area contributed by atoms with Gasteiger partial charge in [0.1, 0.15) is 18.1 Å². The summed E-state index contributed by atoms with van der Waals surface area (Å²) in [5.41, 5.74) is 7.31. The maximum Gasteiger partial charge on any atom is 0.289 e. The van der Waals surface area contributed by atoms with Gasteiger partial charge in [0.25, 0.3) is 5.91 Å². The molecule has 0 saturated heterocycles. The van der Waals surface area contributed by atoms with Gasteiger partial charge in [-0.15, -0.1) is 0 Å². The molecule has 0 bridgehead atoms. The van der Waals surface area contributed by atoms with Gasteiger partial charge in [-0.05, 0) is 53.6 Å². The lowest BCUT2D eigenvalue weighted by molar-refractivity contribution is 0.0950. The molecule has 0 radical (unpaired) electrons. The third-order valence-electron chi connectivity index (χ3n) is 5.73. The third kappa shape index (κ3) is 5.12. The lowest BCUT2D eigenvalue weighted by Crippen LogP contribution is -2.19. The fourth-order valence-electron chi connectivity index (χ4n) is 3.84. The fraction of sp³-hybridized carbons (Fsp3) is 0.0690. The highest BCUT2D eigenvalue weighted by Gasteiger charge is 2.12. The van der Waals surface area contributed by atoms with Crippen LogP contribution in [0.1, 0.15) is 28.5 Å². The van der Waals surface area contributed by atoms with E-state index in [0.717, 1.165) is 38.9 Å². The molecule has 5 aromatic rings. The smallest absolute Gasteiger partial charge is 0.289 e. The Morgan fingerprint density at radius 3 is 2.49 bits per heavy atom. The van der Waals surface area contributed by atoms with Crippen LogP contribution in [0.25, 0.3) is 22.0 Å². The molecule has 5 rings (SSSR count). The van der Waals surface area contributed by atoms with E-state index in [1.54, 1.807) is 6.07 Å². The summed E-state index contributed by atoms with van der Waals surface area (Å²) in [7, 11) is 0. The van der Waals surface area contributed by atoms with Gasteiger partial charge in [0.05, 0.1) is 11.4 Å². The zero-order chi connectivity index (χ0) is 24.0. The molecular weight excluding hydrogens is 436 g/mol. The Hall–Kier alpha value is -4.71. The number of amides is 1. The van der Waals surface area contributed by atoms with Crippen LogP contribution in [0.4, 0.5) is 0 Å². The Balaban J connectivity index is 1.24. The molecule has 1 amide bonds. The Labute approximate surface area is 203 Å². The van der Waals surface area contributed by atoms with E-state index < -0.39 is 0 Å². The summed E-state index contributed by atoms with van der Waals surface area (Å²) in [6.45, 7) is 2.38. The van der Waals surface area contributed by atoms with Gasteiger partial charge in [-0.2, -0.15) is 10.2 Å². The highest BCUT2D eigenvalue weighted by Crippen LogP contribution is 2.22. The molecule has 1 heterocycles. The standard InChI is InChI=1S/C29H24N4O2/c1-20(25-13-7-11-22-10-5-6-12-26(22)25)30-33-29(34)28-18-27(31-32-28)23-14-16-24(17-15-23)35-19-21-8-3-2-4-9-21/h2-18H,19H2,1H3,(H,31,32)(H,33,34)/b30-20-. The molecule has 0 aliphatic heterocycles. The summed E-state index contributed by atoms with van der Waals surface area (Å²) in [4.78, 5) is 12.7. The van der Waals surface area contributed by atoms with Crippen LogP contribution in [-0.2, 0) is 6.61 Å². The van der Waals surface area contributed by atoms with Crippen LogP contribution in [0, 0.1) is 0 Å². The summed E-state index contributed by atoms with van der Waals surface area (Å²) in [6, 6.07) is 33.5. The van der Waals surface area contributed by atoms with E-state index in [1.807, 2.05) is 91.9 Å². The number of fused-ring (bicyclic) bond motifs is 1. The SMILES string of the molecule is C/C(=N/NC(=O)c1cc(-c2ccc(OCc3ccccc3)cc2)n[nH]1)c1cccc2ccccc12. The molecule has 1 aromatic heterocycles. The number of carbonyl (C=O) groups is 1. The third-order valence-corrected chi connectivity index (χ3v) is 5.73. The first kappa shape index (κ1) is 22.1. The Morgan fingerprint density at radius 1 is 0.914 bits per heavy atom. The van der Waals surface area contributed by atoms with Gasteiger partial charge in [0, 0.05) is 11.1 Å². The number of ether oxygens (including phenoxy) is 1. The van der Waals surface area contributed by atoms with Crippen molar-refractivity contribution in [2.45, 2.75) is 13.5 Å². The first-order valence-electron chi connectivity index (χ1n) is 11.3. The molecule has 0 unspecified atom stereocenters. The molecule has 0 aliphatic carbocycles. The topological polar surface area (TPSA) is 79.4 Å². The van der Waals surface area contributed by atoms with Crippen molar-refractivity contribution in [1.82, 2.24) is 15.6 Å². The second-order valence-corrected chi connectivity index (χ2v) is 8.13. The van der Waals surface area contributed by atoms with Crippen molar-refractivity contribution < 1.29 is 9.53 Å². The predicted molar refractivity (Wildman–Crippen MR) is 138 cm³/mol. The molecule has 2 N–H and O–H groups in total. The van der Waals surface area contributed by atoms with Crippen molar-refractivity contribution in [3.63, 3.8) is 0 Å². The fourth-order valence-corrected chi connectivity index (χ4v) is 3.84. The highest BCUT2D eigenvalue weighted by molar-refractivity contribution is 6.10. The number of aromatic amines is 1. The van der Waals surface area contributed by atoms with E-state index in [0.29, 0.717) is 18.0 Å². The average molecular weight is 461 g/mol. The largest absolute Gasteiger partial charge is 0.489 e. The van der Waals surface area contributed by atoms with Crippen LogP contribution in [0.5, 0.6) is 5.75 Å². The van der Waals surface area contributed by atoms with Crippen molar-refractivity contribution in [2.24, 2.45) is 5.10 Å². The van der Waals surface area contributed by atoms with Gasteiger partial charge in [-0.25, -0.2) is 5.43 Å². The second-order valence-electron chi connectivity index (χ2n) is 8.13. The van der Waals surface area contributed by atoms with E-state index in [4.69, 9.17) is 4.74 Å².